The number of halogens is 1. The normalized spacial score (nSPS) is 12.1. The molecule has 0 rings (SSSR count). The summed E-state index contributed by atoms with van der Waals surface area (Å²) < 4.78 is 0. The molecule has 0 bridgehead atoms. The van der Waals surface area contributed by atoms with Gasteiger partial charge in [-0.3, -0.25) is 0 Å². The fourth-order valence-corrected chi connectivity index (χ4v) is 0. The average molecular weight is 443 g/mol. The summed E-state index contributed by atoms with van der Waals surface area (Å²) in [5, 5.41) is 69.2. The van der Waals surface area contributed by atoms with E-state index in [-0.39, 0.29) is 59.3 Å². The fraction of sp³-hybridized carbons (Fsp3) is 0.667. The van der Waals surface area contributed by atoms with Gasteiger partial charge in [0.05, 0.1) is 48.3 Å². The summed E-state index contributed by atoms with van der Waals surface area (Å²) in [4.78, 5) is 37.4. The van der Waals surface area contributed by atoms with Crippen molar-refractivity contribution in [1.29, 1.82) is 0 Å². The van der Waals surface area contributed by atoms with Crippen molar-refractivity contribution in [2.45, 2.75) is 52.1 Å². The van der Waals surface area contributed by atoms with Gasteiger partial charge in [-0.2, -0.15) is 0 Å². The van der Waals surface area contributed by atoms with E-state index >= 15 is 0 Å². The van der Waals surface area contributed by atoms with Gasteiger partial charge in [-0.1, -0.05) is 0 Å². The molecule has 0 saturated heterocycles. The van der Waals surface area contributed by atoms with Gasteiger partial charge in [-0.15, -0.1) is 12.4 Å². The van der Waals surface area contributed by atoms with Crippen molar-refractivity contribution in [3.05, 3.63) is 0 Å². The van der Waals surface area contributed by atoms with Crippen LogP contribution in [0.15, 0.2) is 0 Å². The van der Waals surface area contributed by atoms with Crippen LogP contribution >= 0.6 is 12.4 Å². The summed E-state index contributed by atoms with van der Waals surface area (Å²) in [6, 6.07) is 0. The number of carbonyl (C=O) groups is 4. The maximum atomic E-state index is 9.34. The maximum absolute atomic E-state index is 9.34. The van der Waals surface area contributed by atoms with Crippen LogP contribution in [-0.2, 0) is 19.2 Å². The van der Waals surface area contributed by atoms with Gasteiger partial charge in [0, 0.05) is 0 Å². The first kappa shape index (κ1) is 45.3. The van der Waals surface area contributed by atoms with Crippen LogP contribution in [0.1, 0.15) is 27.7 Å². The molecule has 0 amide bonds. The Hall–Kier alpha value is -0.458. The fourth-order valence-electron chi connectivity index (χ4n) is 0. The zero-order chi connectivity index (χ0) is 20.6. The molecule has 152 valence electrons. The summed E-state index contributed by atoms with van der Waals surface area (Å²) in [6.07, 6.45) is -5.37. The van der Waals surface area contributed by atoms with E-state index in [0.29, 0.717) is 0 Å². The molecule has 0 aliphatic heterocycles. The van der Waals surface area contributed by atoms with E-state index in [2.05, 4.69) is 0 Å². The first-order valence-electron chi connectivity index (χ1n) is 6.13. The molecule has 0 spiro atoms. The van der Waals surface area contributed by atoms with Crippen LogP contribution in [0.25, 0.3) is 0 Å². The molecule has 0 aromatic rings. The first-order chi connectivity index (χ1) is 10.6. The van der Waals surface area contributed by atoms with Crippen LogP contribution in [0, 0.1) is 0 Å². The van der Waals surface area contributed by atoms with Crippen molar-refractivity contribution in [3.63, 3.8) is 0 Å². The topological polar surface area (TPSA) is 241 Å². The molecule has 0 radical (unpaired) electrons. The van der Waals surface area contributed by atoms with E-state index in [0.717, 1.165) is 27.7 Å². The summed E-state index contributed by atoms with van der Waals surface area (Å²) >= 11 is 0. The molecule has 12 nitrogen and oxygen atoms in total. The summed E-state index contributed by atoms with van der Waals surface area (Å²) in [7, 11) is 0. The van der Waals surface area contributed by atoms with Crippen LogP contribution in [0.2, 0.25) is 0 Å². The van der Waals surface area contributed by atoms with Gasteiger partial charge in [0.25, 0.3) is 0 Å². The van der Waals surface area contributed by atoms with E-state index in [4.69, 9.17) is 20.4 Å². The van der Waals surface area contributed by atoms with Crippen molar-refractivity contribution in [2.75, 3.05) is 0 Å². The number of aliphatic carboxylic acids is 4. The van der Waals surface area contributed by atoms with Crippen molar-refractivity contribution in [3.8, 4) is 0 Å². The van der Waals surface area contributed by atoms with Crippen LogP contribution in [-0.4, -0.2) is 86.1 Å². The summed E-state index contributed by atoms with van der Waals surface area (Å²) in [5.41, 5.74) is 0. The third-order valence-electron chi connectivity index (χ3n) is 1.36. The summed E-state index contributed by atoms with van der Waals surface area (Å²) in [6.45, 7) is 4.54. The molecule has 0 saturated carbocycles. The second-order valence-electron chi connectivity index (χ2n) is 3.98. The van der Waals surface area contributed by atoms with E-state index in [1.165, 1.54) is 0 Å². The average Bonchev–Trinajstić information content (AvgIpc) is 2.40. The largest absolute Gasteiger partial charge is 3.00 e. The number of carboxylic acid groups (broad SMARTS) is 4. The smallest absolute Gasteiger partial charge is 0.547 e. The van der Waals surface area contributed by atoms with Gasteiger partial charge in [-0.05, 0) is 27.7 Å². The molecule has 0 aliphatic rings. The molecule has 0 aliphatic carbocycles. The zero-order valence-corrected chi connectivity index (χ0v) is 19.3. The number of aliphatic hydroxyl groups is 4. The molecular weight excluding hydrogens is 422 g/mol. The quantitative estimate of drug-likeness (QED) is 0.296. The van der Waals surface area contributed by atoms with Crippen molar-refractivity contribution < 1.29 is 89.6 Å². The van der Waals surface area contributed by atoms with Gasteiger partial charge in [0.2, 0.25) is 0 Å². The van der Waals surface area contributed by atoms with Crippen molar-refractivity contribution >= 4 is 53.6 Å². The van der Waals surface area contributed by atoms with Crippen LogP contribution in [0.4, 0.5) is 0 Å². The zero-order valence-electron chi connectivity index (χ0n) is 15.3. The molecule has 4 unspecified atom stereocenters. The number of aliphatic hydroxyl groups excluding tert-OH is 4. The molecule has 0 fully saturated rings. The molecule has 4 N–H and O–H groups in total. The minimum Gasteiger partial charge on any atom is -0.547 e. The van der Waals surface area contributed by atoms with Crippen LogP contribution < -0.4 is 50.0 Å². The molecular formula is C12H21AlClNaO12. The van der Waals surface area contributed by atoms with Crippen molar-refractivity contribution in [2.24, 2.45) is 0 Å². The predicted octanol–water partition coefficient (Wildman–Crippen LogP) is -10.5. The minimum atomic E-state index is -1.44. The van der Waals surface area contributed by atoms with Crippen LogP contribution in [0.3, 0.4) is 0 Å². The Labute approximate surface area is 194 Å². The predicted molar refractivity (Wildman–Crippen MR) is 79.8 cm³/mol. The number of hydrogen-bond acceptors (Lipinski definition) is 12. The Morgan fingerprint density at radius 1 is 0.556 bits per heavy atom. The van der Waals surface area contributed by atoms with E-state index < -0.39 is 48.3 Å². The Morgan fingerprint density at radius 3 is 0.593 bits per heavy atom. The summed E-state index contributed by atoms with van der Waals surface area (Å²) in [5.74, 6) is -5.74. The molecule has 15 heteroatoms. The third-order valence-corrected chi connectivity index (χ3v) is 1.36. The third kappa shape index (κ3) is 58.6. The number of rotatable bonds is 4. The van der Waals surface area contributed by atoms with Gasteiger partial charge in [0.15, 0.2) is 0 Å². The van der Waals surface area contributed by atoms with Gasteiger partial charge in [0.1, 0.15) is 0 Å². The Balaban J connectivity index is -0.0000000381. The van der Waals surface area contributed by atoms with Gasteiger partial charge < -0.3 is 60.0 Å². The number of hydrogen-bond donors (Lipinski definition) is 4. The Kier molecular flexibility index (Phi) is 46.6. The Bertz CT molecular complexity index is 319. The standard InChI is InChI=1S/4C3H6O3.Al.ClH.Na/c4*1-2(4)3(5)6;;;/h4*2,4H,1H3,(H,5,6);;1H;/q;;;;+3;;+1/p-4. The number of carbonyl (C=O) groups excluding carboxylic acids is 4. The van der Waals surface area contributed by atoms with Gasteiger partial charge in [-0.25, -0.2) is 0 Å². The SMILES string of the molecule is CC(O)C(=O)[O-].CC(O)C(=O)[O-].CC(O)C(=O)[O-].CC(O)C(=O)[O-].Cl.[Al+3].[Na+]. The first-order valence-corrected chi connectivity index (χ1v) is 6.13. The maximum Gasteiger partial charge on any atom is 3.00 e. The van der Waals surface area contributed by atoms with Gasteiger partial charge >= 0.3 is 46.9 Å². The molecule has 0 aromatic heterocycles. The van der Waals surface area contributed by atoms with E-state index in [1.807, 2.05) is 0 Å². The van der Waals surface area contributed by atoms with Crippen molar-refractivity contribution in [1.82, 2.24) is 0 Å². The Morgan fingerprint density at radius 2 is 0.593 bits per heavy atom. The second-order valence-corrected chi connectivity index (χ2v) is 3.98. The second kappa shape index (κ2) is 27.8. The minimum absolute atomic E-state index is 0. The number of carboxylic acids is 4. The monoisotopic (exact) mass is 442 g/mol. The van der Waals surface area contributed by atoms with E-state index in [1.54, 1.807) is 0 Å². The van der Waals surface area contributed by atoms with Crippen LogP contribution in [0.5, 0.6) is 0 Å². The van der Waals surface area contributed by atoms with E-state index in [9.17, 15) is 39.6 Å². The molecule has 4 atom stereocenters. The molecule has 0 aromatic carbocycles. The molecule has 0 heterocycles. The molecule has 27 heavy (non-hydrogen) atoms.